The van der Waals surface area contributed by atoms with Crippen LogP contribution in [0, 0.1) is 5.92 Å². The van der Waals surface area contributed by atoms with Crippen molar-refractivity contribution in [3.8, 4) is 0 Å². The van der Waals surface area contributed by atoms with Gasteiger partial charge in [-0.1, -0.05) is 0 Å². The molecule has 1 aliphatic rings. The summed E-state index contributed by atoms with van der Waals surface area (Å²) < 4.78 is 0. The summed E-state index contributed by atoms with van der Waals surface area (Å²) in [4.78, 5) is 2.08. The molecule has 0 aromatic rings. The van der Waals surface area contributed by atoms with Crippen molar-refractivity contribution in [2.75, 3.05) is 19.6 Å². The first-order valence-electron chi connectivity index (χ1n) is 4.36. The smallest absolute Gasteiger partial charge is 0.376 e. The zero-order valence-electron chi connectivity index (χ0n) is 7.16. The van der Waals surface area contributed by atoms with E-state index in [2.05, 4.69) is 4.81 Å². The molecule has 0 saturated carbocycles. The summed E-state index contributed by atoms with van der Waals surface area (Å²) in [6.45, 7) is 4.56. The molecule has 1 heterocycles. The van der Waals surface area contributed by atoms with Gasteiger partial charge in [0.15, 0.2) is 0 Å². The highest BCUT2D eigenvalue weighted by atomic mass is 16.2. The van der Waals surface area contributed by atoms with Crippen molar-refractivity contribution in [2.45, 2.75) is 19.7 Å². The van der Waals surface area contributed by atoms with Crippen molar-refractivity contribution in [3.63, 3.8) is 0 Å². The van der Waals surface area contributed by atoms with Gasteiger partial charge in [0.25, 0.3) is 0 Å². The zero-order chi connectivity index (χ0) is 8.27. The predicted molar refractivity (Wildman–Crippen MR) is 47.2 cm³/mol. The predicted octanol–water partition coefficient (Wildman–Crippen LogP) is -0.233. The summed E-state index contributed by atoms with van der Waals surface area (Å²) in [6.07, 6.45) is 2.40. The molecule has 0 spiro atoms. The molecule has 3 nitrogen and oxygen atoms in total. The van der Waals surface area contributed by atoms with Crippen LogP contribution in [-0.4, -0.2) is 36.5 Å². The molecule has 0 amide bonds. The van der Waals surface area contributed by atoms with Crippen molar-refractivity contribution in [1.29, 1.82) is 0 Å². The van der Waals surface area contributed by atoms with Gasteiger partial charge in [-0.3, -0.25) is 0 Å². The van der Waals surface area contributed by atoms with Gasteiger partial charge in [-0.2, -0.15) is 0 Å². The first-order valence-corrected chi connectivity index (χ1v) is 4.36. The van der Waals surface area contributed by atoms with E-state index < -0.39 is 0 Å². The Bertz CT molecular complexity index is 121. The summed E-state index contributed by atoms with van der Waals surface area (Å²) in [5.41, 5.74) is 5.56. The number of nitrogens with zero attached hydrogens (tertiary/aromatic N) is 1. The Kier molecular flexibility index (Phi) is 3.36. The molecule has 1 saturated heterocycles. The van der Waals surface area contributed by atoms with Crippen LogP contribution in [0.1, 0.15) is 12.8 Å². The Labute approximate surface area is 68.7 Å². The van der Waals surface area contributed by atoms with E-state index in [9.17, 15) is 5.02 Å². The molecule has 1 fully saturated rings. The van der Waals surface area contributed by atoms with E-state index in [0.717, 1.165) is 19.6 Å². The molecule has 1 aliphatic heterocycles. The fourth-order valence-electron chi connectivity index (χ4n) is 1.63. The van der Waals surface area contributed by atoms with E-state index >= 15 is 0 Å². The van der Waals surface area contributed by atoms with Crippen LogP contribution >= 0.6 is 0 Å². The molecule has 0 aromatic heterocycles. The van der Waals surface area contributed by atoms with Crippen molar-refractivity contribution in [3.05, 3.63) is 0 Å². The largest absolute Gasteiger partial charge is 0.437 e. The minimum Gasteiger partial charge on any atom is -0.437 e. The van der Waals surface area contributed by atoms with E-state index in [4.69, 9.17) is 5.73 Å². The number of rotatable bonds is 2. The highest BCUT2D eigenvalue weighted by Crippen LogP contribution is 2.15. The van der Waals surface area contributed by atoms with E-state index in [0.29, 0.717) is 5.92 Å². The highest BCUT2D eigenvalue weighted by Gasteiger charge is 2.23. The number of hydrogen-bond donors (Lipinski definition) is 2. The summed E-state index contributed by atoms with van der Waals surface area (Å²) in [6, 6.07) is 0. The van der Waals surface area contributed by atoms with Gasteiger partial charge in [-0.15, -0.1) is 0 Å². The lowest BCUT2D eigenvalue weighted by atomic mass is 9.81. The Morgan fingerprint density at radius 1 is 1.73 bits per heavy atom. The van der Waals surface area contributed by atoms with Gasteiger partial charge in [0.05, 0.1) is 0 Å². The minimum atomic E-state index is -0.302. The first kappa shape index (κ1) is 9.04. The standard InChI is InChI=1S/C7H17BN2O/c1-8(11)10-4-2-3-7(5-9)6-10/h7,11H,2-6,9H2,1H3. The Balaban J connectivity index is 2.33. The fraction of sp³-hybridized carbons (Fsp3) is 1.00. The van der Waals surface area contributed by atoms with Crippen molar-refractivity contribution in [2.24, 2.45) is 11.7 Å². The summed E-state index contributed by atoms with van der Waals surface area (Å²) >= 11 is 0. The third-order valence-electron chi connectivity index (χ3n) is 2.41. The molecule has 1 rings (SSSR count). The fourth-order valence-corrected chi connectivity index (χ4v) is 1.63. The molecule has 4 heteroatoms. The van der Waals surface area contributed by atoms with Gasteiger partial charge in [0.1, 0.15) is 0 Å². The van der Waals surface area contributed by atoms with Gasteiger partial charge >= 0.3 is 7.05 Å². The van der Waals surface area contributed by atoms with Gasteiger partial charge in [0.2, 0.25) is 0 Å². The number of hydrogen-bond acceptors (Lipinski definition) is 3. The Hall–Kier alpha value is -0.0551. The maximum atomic E-state index is 9.28. The van der Waals surface area contributed by atoms with Crippen molar-refractivity contribution in [1.82, 2.24) is 4.81 Å². The van der Waals surface area contributed by atoms with Gasteiger partial charge in [-0.05, 0) is 45.2 Å². The summed E-state index contributed by atoms with van der Waals surface area (Å²) in [5.74, 6) is 0.596. The molecule has 1 unspecified atom stereocenters. The SMILES string of the molecule is CB(O)N1CCCC(CN)C1. The van der Waals surface area contributed by atoms with Crippen LogP contribution in [-0.2, 0) is 0 Å². The molecule has 0 bridgehead atoms. The molecular formula is C7H17BN2O. The molecule has 1 atom stereocenters. The first-order chi connectivity index (χ1) is 5.24. The molecule has 0 radical (unpaired) electrons. The zero-order valence-corrected chi connectivity index (χ0v) is 7.16. The van der Waals surface area contributed by atoms with Crippen LogP contribution in [0.25, 0.3) is 0 Å². The lowest BCUT2D eigenvalue weighted by Gasteiger charge is -2.32. The monoisotopic (exact) mass is 156 g/mol. The van der Waals surface area contributed by atoms with Crippen LogP contribution in [0.2, 0.25) is 6.82 Å². The maximum absolute atomic E-state index is 9.28. The minimum absolute atomic E-state index is 0.302. The van der Waals surface area contributed by atoms with E-state index in [-0.39, 0.29) is 7.05 Å². The number of nitrogens with two attached hydrogens (primary N) is 1. The van der Waals surface area contributed by atoms with Gasteiger partial charge in [0, 0.05) is 0 Å². The normalized spacial score (nSPS) is 27.0. The summed E-state index contributed by atoms with van der Waals surface area (Å²) in [5, 5.41) is 9.28. The second-order valence-electron chi connectivity index (χ2n) is 3.37. The number of piperidine rings is 1. The third kappa shape index (κ3) is 2.47. The topological polar surface area (TPSA) is 49.5 Å². The van der Waals surface area contributed by atoms with E-state index in [1.54, 1.807) is 0 Å². The summed E-state index contributed by atoms with van der Waals surface area (Å²) in [7, 11) is -0.302. The average Bonchev–Trinajstić information content (AvgIpc) is 2.05. The van der Waals surface area contributed by atoms with E-state index in [1.165, 1.54) is 12.8 Å². The van der Waals surface area contributed by atoms with Crippen LogP contribution in [0.3, 0.4) is 0 Å². The Morgan fingerprint density at radius 2 is 2.45 bits per heavy atom. The van der Waals surface area contributed by atoms with Crippen LogP contribution in [0.15, 0.2) is 0 Å². The lowest BCUT2D eigenvalue weighted by Crippen LogP contribution is -2.45. The van der Waals surface area contributed by atoms with Crippen molar-refractivity contribution >= 4 is 7.05 Å². The average molecular weight is 156 g/mol. The van der Waals surface area contributed by atoms with Gasteiger partial charge < -0.3 is 15.6 Å². The molecule has 0 aromatic carbocycles. The molecule has 0 aliphatic carbocycles. The van der Waals surface area contributed by atoms with Crippen LogP contribution in [0.5, 0.6) is 0 Å². The van der Waals surface area contributed by atoms with Crippen LogP contribution < -0.4 is 5.73 Å². The van der Waals surface area contributed by atoms with E-state index in [1.807, 2.05) is 6.82 Å². The molecule has 64 valence electrons. The third-order valence-corrected chi connectivity index (χ3v) is 2.41. The maximum Gasteiger partial charge on any atom is 0.376 e. The molecule has 3 N–H and O–H groups in total. The molecule has 11 heavy (non-hydrogen) atoms. The van der Waals surface area contributed by atoms with Gasteiger partial charge in [-0.25, -0.2) is 0 Å². The van der Waals surface area contributed by atoms with Crippen LogP contribution in [0.4, 0.5) is 0 Å². The van der Waals surface area contributed by atoms with Crippen molar-refractivity contribution < 1.29 is 5.02 Å². The second kappa shape index (κ2) is 4.09. The molecular weight excluding hydrogens is 139 g/mol. The highest BCUT2D eigenvalue weighted by molar-refractivity contribution is 6.45. The lowest BCUT2D eigenvalue weighted by molar-refractivity contribution is 0.247. The second-order valence-corrected chi connectivity index (χ2v) is 3.37. The quantitative estimate of drug-likeness (QED) is 0.543. The Morgan fingerprint density at radius 3 is 3.00 bits per heavy atom.